The third-order valence-corrected chi connectivity index (χ3v) is 9.80. The topological polar surface area (TPSA) is 37.3 Å². The smallest absolute Gasteiger partial charge is 0.173 e. The molecule has 3 heteroatoms. The van der Waals surface area contributed by atoms with Crippen LogP contribution in [-0.2, 0) is 4.79 Å². The highest BCUT2D eigenvalue weighted by Crippen LogP contribution is 2.69. The van der Waals surface area contributed by atoms with Crippen LogP contribution in [-0.4, -0.2) is 17.0 Å². The van der Waals surface area contributed by atoms with Crippen LogP contribution in [0.1, 0.15) is 64.7 Å². The van der Waals surface area contributed by atoms with E-state index in [2.05, 4.69) is 28.9 Å². The largest absolute Gasteiger partial charge is 0.393 e. The second kappa shape index (κ2) is 5.19. The molecule has 0 aliphatic heterocycles. The van der Waals surface area contributed by atoms with E-state index in [0.29, 0.717) is 11.2 Å². The van der Waals surface area contributed by atoms with Gasteiger partial charge in [0.2, 0.25) is 0 Å². The molecule has 0 radical (unpaired) electrons. The molecule has 132 valence electrons. The van der Waals surface area contributed by atoms with Crippen LogP contribution < -0.4 is 0 Å². The predicted octanol–water partition coefficient (Wildman–Crippen LogP) is 4.85. The van der Waals surface area contributed by atoms with Crippen molar-refractivity contribution in [2.24, 2.45) is 40.4 Å². The molecule has 24 heavy (non-hydrogen) atoms. The molecular weight excluding hydrogens is 364 g/mol. The molecule has 1 N–H and O–H groups in total. The van der Waals surface area contributed by atoms with E-state index >= 15 is 0 Å². The summed E-state index contributed by atoms with van der Waals surface area (Å²) < 4.78 is 0.872. The van der Waals surface area contributed by atoms with Gasteiger partial charge in [0.25, 0.3) is 0 Å². The minimum atomic E-state index is -0.0586. The summed E-state index contributed by atoms with van der Waals surface area (Å²) in [6.45, 7) is 2.54. The van der Waals surface area contributed by atoms with Crippen molar-refractivity contribution in [3.05, 3.63) is 10.6 Å². The van der Waals surface area contributed by atoms with Crippen LogP contribution in [0.2, 0.25) is 0 Å². The molecule has 3 unspecified atom stereocenters. The monoisotopic (exact) mass is 392 g/mol. The lowest BCUT2D eigenvalue weighted by Crippen LogP contribution is -2.54. The third-order valence-electron chi connectivity index (χ3n) is 9.18. The fourth-order valence-corrected chi connectivity index (χ4v) is 8.79. The molecule has 5 aliphatic rings. The Kier molecular flexibility index (Phi) is 3.47. The summed E-state index contributed by atoms with van der Waals surface area (Å²) in [5.74, 6) is 3.74. The van der Waals surface area contributed by atoms with Gasteiger partial charge in [-0.1, -0.05) is 13.0 Å². The van der Waals surface area contributed by atoms with Crippen molar-refractivity contribution in [1.82, 2.24) is 0 Å². The number of aliphatic hydroxyl groups is 1. The quantitative estimate of drug-likeness (QED) is 0.639. The summed E-state index contributed by atoms with van der Waals surface area (Å²) in [4.78, 5) is 12.6. The number of rotatable bonds is 0. The standard InChI is InChI=1S/C21H29BrO2/c1-20-8-6-13(23)10-12(20)2-3-14-15(20)7-9-21-11-18(22)19(24)17(21)5-4-16(14)21/h11-17,23H,2-10H2,1H3/t12-,13+,14?,15?,16?,17+,20-,21+/m0/s1. The van der Waals surface area contributed by atoms with E-state index in [1.807, 2.05) is 0 Å². The Bertz CT molecular complexity index is 613. The van der Waals surface area contributed by atoms with Gasteiger partial charge in [0.05, 0.1) is 10.6 Å². The first-order valence-electron chi connectivity index (χ1n) is 10.1. The van der Waals surface area contributed by atoms with Crippen molar-refractivity contribution < 1.29 is 9.90 Å². The average molecular weight is 393 g/mol. The first-order chi connectivity index (χ1) is 11.5. The molecule has 1 spiro atoms. The first kappa shape index (κ1) is 16.1. The second-order valence-corrected chi connectivity index (χ2v) is 10.6. The van der Waals surface area contributed by atoms with Crippen molar-refractivity contribution >= 4 is 21.7 Å². The number of fused-ring (bicyclic) bond motifs is 4. The number of hydrogen-bond acceptors (Lipinski definition) is 2. The normalized spacial score (nSPS) is 56.1. The van der Waals surface area contributed by atoms with E-state index in [-0.39, 0.29) is 17.4 Å². The highest BCUT2D eigenvalue weighted by Gasteiger charge is 2.64. The molecule has 0 heterocycles. The molecule has 0 aromatic heterocycles. The van der Waals surface area contributed by atoms with E-state index in [1.165, 1.54) is 38.5 Å². The lowest BCUT2D eigenvalue weighted by molar-refractivity contribution is -0.129. The number of Topliss-reactive ketones (excluding diaryl/α,β-unsaturated/α-hetero) is 1. The van der Waals surface area contributed by atoms with E-state index in [9.17, 15) is 9.90 Å². The van der Waals surface area contributed by atoms with Gasteiger partial charge in [-0.3, -0.25) is 4.79 Å². The van der Waals surface area contributed by atoms with E-state index in [4.69, 9.17) is 0 Å². The maximum absolute atomic E-state index is 12.6. The van der Waals surface area contributed by atoms with Gasteiger partial charge < -0.3 is 5.11 Å². The van der Waals surface area contributed by atoms with Gasteiger partial charge in [-0.15, -0.1) is 0 Å². The maximum atomic E-state index is 12.6. The van der Waals surface area contributed by atoms with Crippen LogP contribution in [0, 0.1) is 40.4 Å². The van der Waals surface area contributed by atoms with Crippen molar-refractivity contribution in [1.29, 1.82) is 0 Å². The molecule has 5 aliphatic carbocycles. The zero-order valence-electron chi connectivity index (χ0n) is 14.6. The van der Waals surface area contributed by atoms with E-state index in [1.54, 1.807) is 0 Å². The van der Waals surface area contributed by atoms with Crippen LogP contribution in [0.3, 0.4) is 0 Å². The molecule has 0 saturated heterocycles. The van der Waals surface area contributed by atoms with Crippen LogP contribution in [0.4, 0.5) is 0 Å². The number of halogens is 1. The Morgan fingerprint density at radius 3 is 2.75 bits per heavy atom. The molecule has 5 rings (SSSR count). The Morgan fingerprint density at radius 2 is 1.92 bits per heavy atom. The molecule has 0 aromatic rings. The third kappa shape index (κ3) is 1.89. The van der Waals surface area contributed by atoms with Gasteiger partial charge in [-0.05, 0) is 103 Å². The molecular formula is C21H29BrO2. The summed E-state index contributed by atoms with van der Waals surface area (Å²) in [7, 11) is 0. The number of hydrogen-bond donors (Lipinski definition) is 1. The Morgan fingerprint density at radius 1 is 1.08 bits per heavy atom. The molecule has 0 aromatic carbocycles. The van der Waals surface area contributed by atoms with Crippen LogP contribution in [0.15, 0.2) is 10.6 Å². The van der Waals surface area contributed by atoms with Crippen molar-refractivity contribution in [2.75, 3.05) is 0 Å². The zero-order chi connectivity index (χ0) is 16.7. The molecule has 8 atom stereocenters. The number of ketones is 1. The van der Waals surface area contributed by atoms with Crippen LogP contribution in [0.5, 0.6) is 0 Å². The molecule has 2 nitrogen and oxygen atoms in total. The van der Waals surface area contributed by atoms with Crippen molar-refractivity contribution in [3.63, 3.8) is 0 Å². The fourth-order valence-electron chi connectivity index (χ4n) is 8.09. The number of allylic oxidation sites excluding steroid dienone is 2. The van der Waals surface area contributed by atoms with Gasteiger partial charge in [0.1, 0.15) is 0 Å². The molecule has 0 bridgehead atoms. The molecule has 4 fully saturated rings. The SMILES string of the molecule is C[C@]12CC[C@@H](O)C[C@@H]1CCC1C3CC[C@@H]4C(=O)C(Br)=C[C@]34CCC12. The van der Waals surface area contributed by atoms with Gasteiger partial charge in [-0.2, -0.15) is 0 Å². The fraction of sp³-hybridized carbons (Fsp3) is 0.857. The van der Waals surface area contributed by atoms with Crippen LogP contribution in [0.25, 0.3) is 0 Å². The summed E-state index contributed by atoms with van der Waals surface area (Å²) in [6.07, 6.45) is 13.0. The number of carbonyl (C=O) groups is 1. The number of aliphatic hydroxyl groups excluding tert-OH is 1. The molecule has 4 saturated carbocycles. The second-order valence-electron chi connectivity index (χ2n) is 9.72. The maximum Gasteiger partial charge on any atom is 0.173 e. The zero-order valence-corrected chi connectivity index (χ0v) is 16.2. The summed E-state index contributed by atoms with van der Waals surface area (Å²) in [6, 6.07) is 0. The Labute approximate surface area is 153 Å². The summed E-state index contributed by atoms with van der Waals surface area (Å²) in [5, 5.41) is 10.1. The van der Waals surface area contributed by atoms with E-state index in [0.717, 1.165) is 47.4 Å². The first-order valence-corrected chi connectivity index (χ1v) is 10.9. The summed E-state index contributed by atoms with van der Waals surface area (Å²) >= 11 is 3.56. The molecule has 0 amide bonds. The lowest BCUT2D eigenvalue weighted by Gasteiger charge is -2.60. The lowest BCUT2D eigenvalue weighted by atomic mass is 9.44. The van der Waals surface area contributed by atoms with Gasteiger partial charge in [-0.25, -0.2) is 0 Å². The van der Waals surface area contributed by atoms with Crippen molar-refractivity contribution in [3.8, 4) is 0 Å². The minimum Gasteiger partial charge on any atom is -0.393 e. The van der Waals surface area contributed by atoms with Gasteiger partial charge in [0, 0.05) is 11.3 Å². The predicted molar refractivity (Wildman–Crippen MR) is 97.6 cm³/mol. The van der Waals surface area contributed by atoms with Crippen molar-refractivity contribution in [2.45, 2.75) is 70.8 Å². The summed E-state index contributed by atoms with van der Waals surface area (Å²) in [5.41, 5.74) is 0.625. The minimum absolute atomic E-state index is 0.0586. The average Bonchev–Trinajstić information content (AvgIpc) is 3.03. The highest BCUT2D eigenvalue weighted by atomic mass is 79.9. The van der Waals surface area contributed by atoms with Gasteiger partial charge in [0.15, 0.2) is 5.78 Å². The Balaban J connectivity index is 1.49. The highest BCUT2D eigenvalue weighted by molar-refractivity contribution is 9.12. The Hall–Kier alpha value is -0.150. The number of carbonyl (C=O) groups excluding carboxylic acids is 1. The van der Waals surface area contributed by atoms with Gasteiger partial charge >= 0.3 is 0 Å². The van der Waals surface area contributed by atoms with Crippen LogP contribution >= 0.6 is 15.9 Å². The van der Waals surface area contributed by atoms with E-state index < -0.39 is 0 Å².